The molecule has 0 unspecified atom stereocenters. The highest BCUT2D eigenvalue weighted by molar-refractivity contribution is 6.35. The SMILES string of the molecule is C[C@@H]1OCC2(CCN(c3nc4n[nH]c(-c5ccnc(OC(CO)CO)c5Cl)c4nc3Cl)CC2)[C@@H]1N.C[C@@H]1OCC2(CCN(c3nc4n[nH]c(-c5ccnc(OC6COC6)c5Cl)c4nc3CO)CC2)[C@@H]1N. The van der Waals surface area contributed by atoms with Crippen LogP contribution in [0.5, 0.6) is 11.8 Å². The summed E-state index contributed by atoms with van der Waals surface area (Å²) in [5.41, 5.74) is 17.5. The highest BCUT2D eigenvalue weighted by atomic mass is 35.5. The Bertz CT molecular complexity index is 2840. The van der Waals surface area contributed by atoms with E-state index in [4.69, 9.17) is 84.9 Å². The lowest BCUT2D eigenvalue weighted by molar-refractivity contribution is -0.0812. The van der Waals surface area contributed by atoms with Crippen molar-refractivity contribution in [1.82, 2.24) is 50.3 Å². The van der Waals surface area contributed by atoms with Gasteiger partial charge in [0.15, 0.2) is 16.8 Å². The third kappa shape index (κ3) is 8.94. The highest BCUT2D eigenvalue weighted by Crippen LogP contribution is 2.45. The van der Waals surface area contributed by atoms with Crippen molar-refractivity contribution < 1.29 is 39.0 Å². The Morgan fingerprint density at radius 1 is 0.729 bits per heavy atom. The molecule has 70 heavy (non-hydrogen) atoms. The van der Waals surface area contributed by atoms with Crippen LogP contribution in [0.15, 0.2) is 24.5 Å². The van der Waals surface area contributed by atoms with Crippen molar-refractivity contribution in [3.05, 3.63) is 45.4 Å². The van der Waals surface area contributed by atoms with E-state index in [0.717, 1.165) is 51.9 Å². The van der Waals surface area contributed by atoms with E-state index in [0.29, 0.717) is 99.5 Å². The number of aromatic amines is 2. The molecule has 11 rings (SSSR count). The molecule has 5 saturated heterocycles. The quantitative estimate of drug-likeness (QED) is 0.0978. The maximum absolute atomic E-state index is 10.2. The van der Waals surface area contributed by atoms with Crippen LogP contribution in [0, 0.1) is 10.8 Å². The fraction of sp³-hybridized carbons (Fsp3) is 0.556. The van der Waals surface area contributed by atoms with Gasteiger partial charge in [0, 0.05) is 72.6 Å². The van der Waals surface area contributed by atoms with Crippen LogP contribution >= 0.6 is 34.8 Å². The van der Waals surface area contributed by atoms with Crippen LogP contribution in [0.4, 0.5) is 11.6 Å². The third-order valence-corrected chi connectivity index (χ3v) is 15.5. The highest BCUT2D eigenvalue weighted by Gasteiger charge is 2.49. The molecule has 0 aromatic carbocycles. The first-order valence-corrected chi connectivity index (χ1v) is 24.4. The number of hydrogen-bond donors (Lipinski definition) is 7. The molecule has 22 nitrogen and oxygen atoms in total. The predicted molar refractivity (Wildman–Crippen MR) is 259 cm³/mol. The molecular formula is C45H55Cl3N14O8. The number of nitrogens with one attached hydrogen (secondary N) is 2. The largest absolute Gasteiger partial charge is 0.468 e. The molecule has 0 saturated carbocycles. The second-order valence-electron chi connectivity index (χ2n) is 18.7. The molecule has 5 aliphatic rings. The van der Waals surface area contributed by atoms with E-state index in [1.807, 2.05) is 13.8 Å². The van der Waals surface area contributed by atoms with Crippen LogP contribution in [0.25, 0.3) is 44.8 Å². The van der Waals surface area contributed by atoms with Crippen LogP contribution in [-0.2, 0) is 20.8 Å². The molecular weight excluding hydrogens is 971 g/mol. The Balaban J connectivity index is 0.000000162. The summed E-state index contributed by atoms with van der Waals surface area (Å²) in [6.45, 7) is 8.46. The van der Waals surface area contributed by atoms with E-state index in [-0.39, 0.29) is 77.1 Å². The van der Waals surface area contributed by atoms with Crippen molar-refractivity contribution in [2.45, 2.75) is 82.6 Å². The van der Waals surface area contributed by atoms with Gasteiger partial charge in [-0.05, 0) is 51.7 Å². The van der Waals surface area contributed by atoms with Gasteiger partial charge >= 0.3 is 0 Å². The van der Waals surface area contributed by atoms with Gasteiger partial charge in [0.05, 0.1) is 69.8 Å². The van der Waals surface area contributed by atoms with Gasteiger partial charge in [-0.2, -0.15) is 10.2 Å². The Hall–Kier alpha value is -4.85. The Morgan fingerprint density at radius 3 is 1.71 bits per heavy atom. The van der Waals surface area contributed by atoms with Gasteiger partial charge in [-0.3, -0.25) is 10.2 Å². The van der Waals surface area contributed by atoms with E-state index in [2.05, 4.69) is 45.1 Å². The maximum atomic E-state index is 10.2. The van der Waals surface area contributed by atoms with Crippen molar-refractivity contribution in [2.24, 2.45) is 22.3 Å². The van der Waals surface area contributed by atoms with Gasteiger partial charge in [-0.15, -0.1) is 0 Å². The first-order valence-electron chi connectivity index (χ1n) is 23.3. The fourth-order valence-corrected chi connectivity index (χ4v) is 10.8. The lowest BCUT2D eigenvalue weighted by atomic mass is 9.73. The summed E-state index contributed by atoms with van der Waals surface area (Å²) in [7, 11) is 0. The van der Waals surface area contributed by atoms with Crippen LogP contribution in [0.3, 0.4) is 0 Å². The number of pyridine rings is 2. The van der Waals surface area contributed by atoms with Crippen molar-refractivity contribution in [2.75, 3.05) is 75.6 Å². The van der Waals surface area contributed by atoms with Crippen LogP contribution in [-0.4, -0.2) is 168 Å². The van der Waals surface area contributed by atoms with Gasteiger partial charge in [-0.1, -0.05) is 34.8 Å². The van der Waals surface area contributed by atoms with E-state index in [9.17, 15) is 15.3 Å². The number of aliphatic hydroxyl groups excluding tert-OH is 3. The summed E-state index contributed by atoms with van der Waals surface area (Å²) in [6.07, 6.45) is 5.93. The van der Waals surface area contributed by atoms with Gasteiger partial charge in [0.1, 0.15) is 39.0 Å². The summed E-state index contributed by atoms with van der Waals surface area (Å²) in [4.78, 5) is 31.4. The van der Waals surface area contributed by atoms with E-state index in [1.165, 1.54) is 6.20 Å². The second kappa shape index (κ2) is 20.0. The van der Waals surface area contributed by atoms with Crippen molar-refractivity contribution in [1.29, 1.82) is 0 Å². The Morgan fingerprint density at radius 2 is 1.23 bits per heavy atom. The van der Waals surface area contributed by atoms with Crippen LogP contribution in [0.1, 0.15) is 45.2 Å². The normalized spacial score (nSPS) is 23.1. The lowest BCUT2D eigenvalue weighted by Gasteiger charge is -2.41. The minimum absolute atomic E-state index is 0.00416. The molecule has 11 heterocycles. The molecule has 5 fully saturated rings. The molecule has 0 bridgehead atoms. The van der Waals surface area contributed by atoms with Gasteiger partial charge < -0.3 is 60.3 Å². The zero-order valence-corrected chi connectivity index (χ0v) is 40.8. The van der Waals surface area contributed by atoms with Gasteiger partial charge in [0.25, 0.3) is 0 Å². The van der Waals surface area contributed by atoms with E-state index < -0.39 is 6.10 Å². The molecule has 374 valence electrons. The molecule has 2 spiro atoms. The van der Waals surface area contributed by atoms with Crippen molar-refractivity contribution in [3.8, 4) is 34.3 Å². The summed E-state index contributed by atoms with van der Waals surface area (Å²) >= 11 is 19.8. The number of aliphatic hydroxyl groups is 3. The number of anilines is 2. The van der Waals surface area contributed by atoms with Crippen molar-refractivity contribution in [3.63, 3.8) is 0 Å². The topological polar surface area (TPSA) is 300 Å². The summed E-state index contributed by atoms with van der Waals surface area (Å²) in [6, 6.07) is 3.49. The molecule has 0 radical (unpaired) electrons. The number of fused-ring (bicyclic) bond motifs is 2. The molecule has 4 atom stereocenters. The minimum Gasteiger partial charge on any atom is -0.468 e. The summed E-state index contributed by atoms with van der Waals surface area (Å²) in [5, 5.41) is 44.2. The summed E-state index contributed by atoms with van der Waals surface area (Å²) < 4.78 is 28.1. The monoisotopic (exact) mass is 1020 g/mol. The number of halogens is 3. The molecule has 5 aliphatic heterocycles. The number of nitrogens with zero attached hydrogens (tertiary/aromatic N) is 10. The van der Waals surface area contributed by atoms with Crippen LogP contribution < -0.4 is 30.7 Å². The first-order chi connectivity index (χ1) is 33.9. The molecule has 25 heteroatoms. The number of H-pyrrole nitrogens is 2. The predicted octanol–water partition coefficient (Wildman–Crippen LogP) is 3.46. The number of hydrogen-bond acceptors (Lipinski definition) is 20. The average molecular weight is 1030 g/mol. The maximum Gasteiger partial charge on any atom is 0.233 e. The zero-order valence-electron chi connectivity index (χ0n) is 38.5. The number of piperidine rings is 2. The second-order valence-corrected chi connectivity index (χ2v) is 19.8. The summed E-state index contributed by atoms with van der Waals surface area (Å²) in [5.74, 6) is 1.62. The molecule has 0 amide bonds. The zero-order chi connectivity index (χ0) is 48.9. The van der Waals surface area contributed by atoms with Gasteiger partial charge in [0.2, 0.25) is 23.1 Å². The Kier molecular flexibility index (Phi) is 13.9. The lowest BCUT2D eigenvalue weighted by Crippen LogP contribution is -2.51. The molecule has 6 aromatic heterocycles. The van der Waals surface area contributed by atoms with Crippen molar-refractivity contribution >= 4 is 68.8 Å². The number of rotatable bonds is 11. The number of aromatic nitrogens is 10. The first kappa shape index (κ1) is 48.8. The third-order valence-electron chi connectivity index (χ3n) is 14.6. The molecule has 9 N–H and O–H groups in total. The average Bonchev–Trinajstić information content (AvgIpc) is 4.11. The fourth-order valence-electron chi connectivity index (χ4n) is 10.0. The number of nitrogens with two attached hydrogens (primary N) is 2. The van der Waals surface area contributed by atoms with E-state index >= 15 is 0 Å². The molecule has 0 aliphatic carbocycles. The van der Waals surface area contributed by atoms with E-state index in [1.54, 1.807) is 18.3 Å². The molecule has 6 aromatic rings. The van der Waals surface area contributed by atoms with Crippen LogP contribution in [0.2, 0.25) is 15.2 Å². The number of ether oxygens (including phenoxy) is 5. The standard InChI is InChI=1S/C23H28ClN7O4.C22H27Cl2N7O4/c1-12-19(25)23(11-34-12)3-6-31(7-4-23)21-15(8-32)27-18-17(29-30-20(18)28-21)14-2-5-26-22(16(14)24)35-13-9-33-10-13;1-11-17(25)22(10-34-11)3-6-31(7-4-22)20-18(24)27-16-15(29-30-19(16)28-20)13-2-5-26-21(14(13)23)35-12(8-32)9-33/h2,5,12-13,19,32H,3-4,6-11,25H2,1H3,(H,28,29,30);2,5,11-12,17,32-33H,3-4,6-10,25H2,1H3,(H,28,29,30)/t12-,19+;11-,17+/m00/s1. The smallest absolute Gasteiger partial charge is 0.233 e. The minimum atomic E-state index is -0.845. The van der Waals surface area contributed by atoms with Gasteiger partial charge in [-0.25, -0.2) is 29.9 Å². The Labute approximate surface area is 416 Å².